The molecule has 0 radical (unpaired) electrons. The largest absolute Gasteiger partial charge is 0.338 e. The molecule has 3 rings (SSSR count). The molecule has 0 fully saturated rings. The summed E-state index contributed by atoms with van der Waals surface area (Å²) in [5.74, 6) is 8.25. The molecule has 0 bridgehead atoms. The molecule has 0 unspecified atom stereocenters. The predicted octanol–water partition coefficient (Wildman–Crippen LogP) is 2.24. The lowest BCUT2D eigenvalue weighted by Gasteiger charge is -2.34. The lowest BCUT2D eigenvalue weighted by Crippen LogP contribution is -2.26. The molecule has 0 saturated heterocycles. The average Bonchev–Trinajstić information content (AvgIpc) is 2.52. The Hall–Kier alpha value is -2.58. The van der Waals surface area contributed by atoms with Gasteiger partial charge in [0.1, 0.15) is 5.69 Å². The van der Waals surface area contributed by atoms with Crippen LogP contribution in [0.1, 0.15) is 5.56 Å². The number of hydrogen-bond donors (Lipinski definition) is 0. The fourth-order valence-electron chi connectivity index (χ4n) is 2.54. The van der Waals surface area contributed by atoms with Crippen LogP contribution in [-0.4, -0.2) is 49.6 Å². The van der Waals surface area contributed by atoms with Gasteiger partial charge in [0.15, 0.2) is 11.6 Å². The maximum atomic E-state index is 4.52. The van der Waals surface area contributed by atoms with Gasteiger partial charge in [-0.05, 0) is 32.3 Å². The summed E-state index contributed by atoms with van der Waals surface area (Å²) < 4.78 is 0. The standard InChI is InChI=1S/C17H19N5/c1-20(2)12-6-7-13-9-11-19-17-15(13)21(3)14-8-5-10-18-16(14)22(17)4/h5,8-11H,12H2,1-4H3. The van der Waals surface area contributed by atoms with Crippen molar-refractivity contribution in [3.63, 3.8) is 0 Å². The Bertz CT molecular complexity index is 757. The van der Waals surface area contributed by atoms with Gasteiger partial charge < -0.3 is 9.80 Å². The van der Waals surface area contributed by atoms with Crippen molar-refractivity contribution in [2.24, 2.45) is 0 Å². The summed E-state index contributed by atoms with van der Waals surface area (Å²) in [4.78, 5) is 15.2. The molecule has 5 heteroatoms. The van der Waals surface area contributed by atoms with E-state index in [1.165, 1.54) is 0 Å². The molecule has 0 N–H and O–H groups in total. The summed E-state index contributed by atoms with van der Waals surface area (Å²) in [5, 5.41) is 0. The molecular formula is C17H19N5. The zero-order valence-electron chi connectivity index (χ0n) is 13.3. The number of pyridine rings is 2. The fraction of sp³-hybridized carbons (Fsp3) is 0.294. The molecule has 5 nitrogen and oxygen atoms in total. The number of anilines is 4. The average molecular weight is 293 g/mol. The van der Waals surface area contributed by atoms with Crippen LogP contribution in [0.4, 0.5) is 23.0 Å². The Morgan fingerprint density at radius 1 is 1.05 bits per heavy atom. The first-order chi connectivity index (χ1) is 10.6. The number of nitrogens with zero attached hydrogens (tertiary/aromatic N) is 5. The van der Waals surface area contributed by atoms with Crippen LogP contribution in [0.5, 0.6) is 0 Å². The molecule has 0 aliphatic carbocycles. The van der Waals surface area contributed by atoms with Crippen molar-refractivity contribution >= 4 is 23.0 Å². The smallest absolute Gasteiger partial charge is 0.159 e. The Kier molecular flexibility index (Phi) is 3.70. The summed E-state index contributed by atoms with van der Waals surface area (Å²) in [6.07, 6.45) is 3.60. The molecule has 0 saturated carbocycles. The lowest BCUT2D eigenvalue weighted by atomic mass is 10.1. The second-order valence-corrected chi connectivity index (χ2v) is 5.53. The van der Waals surface area contributed by atoms with Crippen molar-refractivity contribution in [2.45, 2.75) is 0 Å². The zero-order valence-corrected chi connectivity index (χ0v) is 13.3. The molecule has 0 spiro atoms. The summed E-state index contributed by atoms with van der Waals surface area (Å²) in [5.41, 5.74) is 3.06. The van der Waals surface area contributed by atoms with Crippen molar-refractivity contribution in [1.82, 2.24) is 14.9 Å². The third kappa shape index (κ3) is 2.38. The number of aromatic nitrogens is 2. The molecule has 112 valence electrons. The highest BCUT2D eigenvalue weighted by Crippen LogP contribution is 2.44. The molecule has 3 heterocycles. The van der Waals surface area contributed by atoms with E-state index in [9.17, 15) is 0 Å². The lowest BCUT2D eigenvalue weighted by molar-refractivity contribution is 0.464. The molecule has 2 aromatic rings. The molecule has 0 amide bonds. The summed E-state index contributed by atoms with van der Waals surface area (Å²) in [6.45, 7) is 0.731. The molecule has 2 aromatic heterocycles. The van der Waals surface area contributed by atoms with Crippen molar-refractivity contribution in [3.05, 3.63) is 36.2 Å². The van der Waals surface area contributed by atoms with E-state index >= 15 is 0 Å². The van der Waals surface area contributed by atoms with E-state index in [1.54, 1.807) is 12.4 Å². The Labute approximate surface area is 131 Å². The van der Waals surface area contributed by atoms with Gasteiger partial charge in [0.05, 0.1) is 17.8 Å². The summed E-state index contributed by atoms with van der Waals surface area (Å²) >= 11 is 0. The quantitative estimate of drug-likeness (QED) is 0.754. The highest BCUT2D eigenvalue weighted by Gasteiger charge is 2.27. The van der Waals surface area contributed by atoms with Gasteiger partial charge in [0, 0.05) is 26.5 Å². The highest BCUT2D eigenvalue weighted by atomic mass is 15.3. The van der Waals surface area contributed by atoms with Crippen LogP contribution < -0.4 is 9.80 Å². The Balaban J connectivity index is 2.10. The van der Waals surface area contributed by atoms with E-state index < -0.39 is 0 Å². The normalized spacial score (nSPS) is 12.6. The van der Waals surface area contributed by atoms with Crippen LogP contribution in [-0.2, 0) is 0 Å². The third-order valence-corrected chi connectivity index (χ3v) is 3.62. The first-order valence-electron chi connectivity index (χ1n) is 7.14. The van der Waals surface area contributed by atoms with Crippen LogP contribution in [0, 0.1) is 11.8 Å². The maximum absolute atomic E-state index is 4.52. The van der Waals surface area contributed by atoms with Gasteiger partial charge >= 0.3 is 0 Å². The van der Waals surface area contributed by atoms with E-state index in [0.717, 1.165) is 35.1 Å². The van der Waals surface area contributed by atoms with Gasteiger partial charge in [-0.2, -0.15) is 0 Å². The Morgan fingerprint density at radius 3 is 2.59 bits per heavy atom. The van der Waals surface area contributed by atoms with E-state index in [2.05, 4.69) is 37.7 Å². The molecule has 1 aliphatic rings. The van der Waals surface area contributed by atoms with Crippen LogP contribution >= 0.6 is 0 Å². The minimum Gasteiger partial charge on any atom is -0.338 e. The monoisotopic (exact) mass is 293 g/mol. The van der Waals surface area contributed by atoms with E-state index in [-0.39, 0.29) is 0 Å². The topological polar surface area (TPSA) is 35.5 Å². The fourth-order valence-corrected chi connectivity index (χ4v) is 2.54. The first-order valence-corrected chi connectivity index (χ1v) is 7.14. The van der Waals surface area contributed by atoms with Gasteiger partial charge in [0.2, 0.25) is 0 Å². The minimum atomic E-state index is 0.731. The Morgan fingerprint density at radius 2 is 1.82 bits per heavy atom. The van der Waals surface area contributed by atoms with Crippen LogP contribution in [0.15, 0.2) is 30.6 Å². The SMILES string of the molecule is CN(C)CC#Cc1ccnc2c1N(C)c1cccnc1N2C. The van der Waals surface area contributed by atoms with E-state index in [0.29, 0.717) is 0 Å². The van der Waals surface area contributed by atoms with Crippen molar-refractivity contribution < 1.29 is 0 Å². The predicted molar refractivity (Wildman–Crippen MR) is 90.0 cm³/mol. The third-order valence-electron chi connectivity index (χ3n) is 3.62. The van der Waals surface area contributed by atoms with Gasteiger partial charge in [-0.25, -0.2) is 9.97 Å². The van der Waals surface area contributed by atoms with Crippen LogP contribution in [0.2, 0.25) is 0 Å². The summed E-state index contributed by atoms with van der Waals surface area (Å²) in [7, 11) is 8.05. The highest BCUT2D eigenvalue weighted by molar-refractivity contribution is 5.91. The van der Waals surface area contributed by atoms with Crippen molar-refractivity contribution in [3.8, 4) is 11.8 Å². The number of rotatable bonds is 1. The van der Waals surface area contributed by atoms with E-state index in [1.807, 2.05) is 45.2 Å². The zero-order chi connectivity index (χ0) is 15.7. The van der Waals surface area contributed by atoms with Crippen LogP contribution in [0.3, 0.4) is 0 Å². The van der Waals surface area contributed by atoms with Gasteiger partial charge in [-0.3, -0.25) is 4.90 Å². The van der Waals surface area contributed by atoms with Crippen LogP contribution in [0.25, 0.3) is 0 Å². The van der Waals surface area contributed by atoms with Crippen molar-refractivity contribution in [1.29, 1.82) is 0 Å². The van der Waals surface area contributed by atoms with Gasteiger partial charge in [0.25, 0.3) is 0 Å². The molecule has 0 aromatic carbocycles. The second-order valence-electron chi connectivity index (χ2n) is 5.53. The molecular weight excluding hydrogens is 274 g/mol. The second kappa shape index (κ2) is 5.66. The number of fused-ring (bicyclic) bond motifs is 2. The van der Waals surface area contributed by atoms with Gasteiger partial charge in [-0.1, -0.05) is 11.8 Å². The first kappa shape index (κ1) is 14.4. The minimum absolute atomic E-state index is 0.731. The summed E-state index contributed by atoms with van der Waals surface area (Å²) in [6, 6.07) is 5.97. The van der Waals surface area contributed by atoms with Crippen molar-refractivity contribution in [2.75, 3.05) is 44.5 Å². The molecule has 1 aliphatic heterocycles. The molecule has 22 heavy (non-hydrogen) atoms. The number of hydrogen-bond acceptors (Lipinski definition) is 5. The maximum Gasteiger partial charge on any atom is 0.159 e. The van der Waals surface area contributed by atoms with Gasteiger partial charge in [-0.15, -0.1) is 0 Å². The van der Waals surface area contributed by atoms with E-state index in [4.69, 9.17) is 0 Å². The molecule has 0 atom stereocenters.